The zero-order valence-corrected chi connectivity index (χ0v) is 14.3. The van der Waals surface area contributed by atoms with Crippen molar-refractivity contribution in [2.45, 2.75) is 6.61 Å². The van der Waals surface area contributed by atoms with E-state index in [9.17, 15) is 0 Å². The molecule has 0 aliphatic heterocycles. The molecule has 4 heteroatoms. The van der Waals surface area contributed by atoms with Gasteiger partial charge in [-0.3, -0.25) is 0 Å². The Balaban J connectivity index is 1.61. The SMILES string of the molecule is C=CCOCc1ccc(-c2nnc(-c3cccc4ccccc34)o2)cc1. The molecule has 0 amide bonds. The van der Waals surface area contributed by atoms with Crippen LogP contribution in [0.25, 0.3) is 33.7 Å². The second kappa shape index (κ2) is 7.33. The fraction of sp³-hybridized carbons (Fsp3) is 0.0909. The highest BCUT2D eigenvalue weighted by atomic mass is 16.5. The fourth-order valence-corrected chi connectivity index (χ4v) is 2.86. The van der Waals surface area contributed by atoms with E-state index in [1.165, 1.54) is 0 Å². The van der Waals surface area contributed by atoms with Gasteiger partial charge in [0.2, 0.25) is 11.8 Å². The highest BCUT2D eigenvalue weighted by molar-refractivity contribution is 5.94. The van der Waals surface area contributed by atoms with E-state index in [4.69, 9.17) is 9.15 Å². The minimum Gasteiger partial charge on any atom is -0.416 e. The second-order valence-electron chi connectivity index (χ2n) is 5.94. The molecule has 4 nitrogen and oxygen atoms in total. The van der Waals surface area contributed by atoms with E-state index in [-0.39, 0.29) is 0 Å². The lowest BCUT2D eigenvalue weighted by Gasteiger charge is -2.03. The van der Waals surface area contributed by atoms with Crippen LogP contribution in [-0.2, 0) is 11.3 Å². The summed E-state index contributed by atoms with van der Waals surface area (Å²) in [5.74, 6) is 1.03. The van der Waals surface area contributed by atoms with Crippen LogP contribution in [0.1, 0.15) is 5.56 Å². The lowest BCUT2D eigenvalue weighted by atomic mass is 10.0. The molecule has 0 unspecified atom stereocenters. The Labute approximate surface area is 151 Å². The summed E-state index contributed by atoms with van der Waals surface area (Å²) in [4.78, 5) is 0. The third-order valence-corrected chi connectivity index (χ3v) is 4.15. The van der Waals surface area contributed by atoms with Crippen molar-refractivity contribution >= 4 is 10.8 Å². The van der Waals surface area contributed by atoms with Crippen LogP contribution >= 0.6 is 0 Å². The average molecular weight is 342 g/mol. The number of aromatic nitrogens is 2. The second-order valence-corrected chi connectivity index (χ2v) is 5.94. The molecule has 128 valence electrons. The molecule has 0 atom stereocenters. The molecule has 0 aliphatic rings. The number of ether oxygens (including phenoxy) is 1. The van der Waals surface area contributed by atoms with Gasteiger partial charge >= 0.3 is 0 Å². The minimum absolute atomic E-state index is 0.506. The molecule has 0 aliphatic carbocycles. The number of hydrogen-bond acceptors (Lipinski definition) is 4. The lowest BCUT2D eigenvalue weighted by Crippen LogP contribution is -1.92. The molecule has 0 radical (unpaired) electrons. The Bertz CT molecular complexity index is 1030. The van der Waals surface area contributed by atoms with Gasteiger partial charge in [-0.15, -0.1) is 16.8 Å². The smallest absolute Gasteiger partial charge is 0.248 e. The zero-order chi connectivity index (χ0) is 17.8. The van der Waals surface area contributed by atoms with Gasteiger partial charge in [-0.2, -0.15) is 0 Å². The number of hydrogen-bond donors (Lipinski definition) is 0. The quantitative estimate of drug-likeness (QED) is 0.354. The van der Waals surface area contributed by atoms with Gasteiger partial charge in [-0.25, -0.2) is 0 Å². The summed E-state index contributed by atoms with van der Waals surface area (Å²) < 4.78 is 11.4. The van der Waals surface area contributed by atoms with E-state index in [0.717, 1.165) is 27.5 Å². The van der Waals surface area contributed by atoms with Crippen LogP contribution in [0.5, 0.6) is 0 Å². The topological polar surface area (TPSA) is 48.2 Å². The third-order valence-electron chi connectivity index (χ3n) is 4.15. The van der Waals surface area contributed by atoms with Gasteiger partial charge in [0.15, 0.2) is 0 Å². The summed E-state index contributed by atoms with van der Waals surface area (Å²) in [6.45, 7) is 4.73. The van der Waals surface area contributed by atoms with Crippen LogP contribution in [0.4, 0.5) is 0 Å². The molecule has 0 N–H and O–H groups in total. The van der Waals surface area contributed by atoms with Gasteiger partial charge < -0.3 is 9.15 Å². The van der Waals surface area contributed by atoms with Crippen molar-refractivity contribution in [1.29, 1.82) is 0 Å². The molecule has 1 aromatic heterocycles. The molecule has 3 aromatic carbocycles. The largest absolute Gasteiger partial charge is 0.416 e. The van der Waals surface area contributed by atoms with Crippen molar-refractivity contribution in [3.05, 3.63) is 84.9 Å². The minimum atomic E-state index is 0.506. The lowest BCUT2D eigenvalue weighted by molar-refractivity contribution is 0.149. The number of rotatable bonds is 6. The maximum Gasteiger partial charge on any atom is 0.248 e. The summed E-state index contributed by atoms with van der Waals surface area (Å²) in [5.41, 5.74) is 2.91. The first-order valence-corrected chi connectivity index (χ1v) is 8.45. The zero-order valence-electron chi connectivity index (χ0n) is 14.3. The maximum atomic E-state index is 5.94. The number of fused-ring (bicyclic) bond motifs is 1. The Morgan fingerprint density at radius 1 is 0.885 bits per heavy atom. The molecular formula is C22H18N2O2. The summed E-state index contributed by atoms with van der Waals surface area (Å²) in [7, 11) is 0. The van der Waals surface area contributed by atoms with Gasteiger partial charge in [-0.05, 0) is 34.5 Å². The Kier molecular flexibility index (Phi) is 4.58. The fourth-order valence-electron chi connectivity index (χ4n) is 2.86. The van der Waals surface area contributed by atoms with Crippen molar-refractivity contribution in [1.82, 2.24) is 10.2 Å². The van der Waals surface area contributed by atoms with E-state index in [1.807, 2.05) is 48.5 Å². The van der Waals surface area contributed by atoms with Crippen LogP contribution in [0.2, 0.25) is 0 Å². The van der Waals surface area contributed by atoms with Crippen molar-refractivity contribution in [2.24, 2.45) is 0 Å². The van der Waals surface area contributed by atoms with Crippen molar-refractivity contribution in [2.75, 3.05) is 6.61 Å². The highest BCUT2D eigenvalue weighted by Crippen LogP contribution is 2.29. The van der Waals surface area contributed by atoms with Gasteiger partial charge in [0.05, 0.1) is 13.2 Å². The van der Waals surface area contributed by atoms with Gasteiger partial charge in [-0.1, -0.05) is 54.6 Å². The van der Waals surface area contributed by atoms with Gasteiger partial charge in [0, 0.05) is 11.1 Å². The van der Waals surface area contributed by atoms with E-state index in [0.29, 0.717) is 25.0 Å². The standard InChI is InChI=1S/C22H18N2O2/c1-2-14-25-15-16-10-12-18(13-11-16)21-23-24-22(26-21)20-9-5-7-17-6-3-4-8-19(17)20/h2-13H,1,14-15H2. The first kappa shape index (κ1) is 16.2. The third kappa shape index (κ3) is 3.27. The van der Waals surface area contributed by atoms with E-state index < -0.39 is 0 Å². The van der Waals surface area contributed by atoms with Crippen molar-refractivity contribution in [3.63, 3.8) is 0 Å². The van der Waals surface area contributed by atoms with E-state index in [1.54, 1.807) is 6.08 Å². The predicted molar refractivity (Wildman–Crippen MR) is 103 cm³/mol. The predicted octanol–water partition coefficient (Wildman–Crippen LogP) is 5.26. The molecule has 0 bridgehead atoms. The maximum absolute atomic E-state index is 5.94. The van der Waals surface area contributed by atoms with Gasteiger partial charge in [0.25, 0.3) is 0 Å². The van der Waals surface area contributed by atoms with Crippen molar-refractivity contribution < 1.29 is 9.15 Å². The molecular weight excluding hydrogens is 324 g/mol. The van der Waals surface area contributed by atoms with Crippen LogP contribution < -0.4 is 0 Å². The van der Waals surface area contributed by atoms with Crippen LogP contribution in [0.3, 0.4) is 0 Å². The number of benzene rings is 3. The Morgan fingerprint density at radius 3 is 2.50 bits per heavy atom. The summed E-state index contributed by atoms with van der Waals surface area (Å²) in [5, 5.41) is 10.7. The van der Waals surface area contributed by atoms with Gasteiger partial charge in [0.1, 0.15) is 0 Å². The normalized spacial score (nSPS) is 10.9. The summed E-state index contributed by atoms with van der Waals surface area (Å²) in [6.07, 6.45) is 1.74. The monoisotopic (exact) mass is 342 g/mol. The van der Waals surface area contributed by atoms with E-state index >= 15 is 0 Å². The average Bonchev–Trinajstić information content (AvgIpc) is 3.18. The molecule has 0 saturated heterocycles. The first-order chi connectivity index (χ1) is 12.8. The highest BCUT2D eigenvalue weighted by Gasteiger charge is 2.12. The molecule has 1 heterocycles. The molecule has 26 heavy (non-hydrogen) atoms. The number of nitrogens with zero attached hydrogens (tertiary/aromatic N) is 2. The molecule has 0 saturated carbocycles. The first-order valence-electron chi connectivity index (χ1n) is 8.45. The molecule has 0 fully saturated rings. The Morgan fingerprint density at radius 2 is 1.65 bits per heavy atom. The van der Waals surface area contributed by atoms with E-state index in [2.05, 4.69) is 35.0 Å². The molecule has 0 spiro atoms. The van der Waals surface area contributed by atoms with Crippen LogP contribution in [0.15, 0.2) is 83.8 Å². The van der Waals surface area contributed by atoms with Crippen LogP contribution in [-0.4, -0.2) is 16.8 Å². The summed E-state index contributed by atoms with van der Waals surface area (Å²) >= 11 is 0. The summed E-state index contributed by atoms with van der Waals surface area (Å²) in [6, 6.07) is 22.2. The molecule has 4 aromatic rings. The van der Waals surface area contributed by atoms with Crippen LogP contribution in [0, 0.1) is 0 Å². The van der Waals surface area contributed by atoms with Crippen molar-refractivity contribution in [3.8, 4) is 22.9 Å². The molecule has 4 rings (SSSR count). The Hall–Kier alpha value is -3.24.